The van der Waals surface area contributed by atoms with Crippen LogP contribution in [-0.4, -0.2) is 47.6 Å². The van der Waals surface area contributed by atoms with Crippen molar-refractivity contribution in [1.29, 1.82) is 0 Å². The lowest BCUT2D eigenvalue weighted by molar-refractivity contribution is -0.148. The predicted octanol–water partition coefficient (Wildman–Crippen LogP) is 7.55. The number of ether oxygens (including phenoxy) is 2. The Morgan fingerprint density at radius 3 is 2.17 bits per heavy atom. The molecule has 0 aromatic heterocycles. The number of benzene rings is 3. The van der Waals surface area contributed by atoms with E-state index in [1.807, 2.05) is 76.2 Å². The molecule has 9 heteroatoms. The van der Waals surface area contributed by atoms with Crippen molar-refractivity contribution in [2.24, 2.45) is 16.3 Å². The smallest absolute Gasteiger partial charge is 0.407 e. The highest BCUT2D eigenvalue weighted by molar-refractivity contribution is 6.23. The van der Waals surface area contributed by atoms with Crippen molar-refractivity contribution in [3.8, 4) is 11.1 Å². The molecule has 0 spiro atoms. The number of aliphatic hydroxyl groups excluding tert-OH is 1. The van der Waals surface area contributed by atoms with Gasteiger partial charge in [-0.3, -0.25) is 9.79 Å². The average molecular weight is 651 g/mol. The fraction of sp³-hybridized carbons (Fsp3) is 0.359. The van der Waals surface area contributed by atoms with Crippen molar-refractivity contribution in [2.45, 2.75) is 71.9 Å². The maximum Gasteiger partial charge on any atom is 0.407 e. The largest absolute Gasteiger partial charge is 0.511 e. The van der Waals surface area contributed by atoms with Crippen molar-refractivity contribution in [3.63, 3.8) is 0 Å². The summed E-state index contributed by atoms with van der Waals surface area (Å²) in [6.45, 7) is 7.95. The van der Waals surface area contributed by atoms with Gasteiger partial charge < -0.3 is 24.7 Å². The normalized spacial score (nSPS) is 16.3. The van der Waals surface area contributed by atoms with Gasteiger partial charge in [0.25, 0.3) is 0 Å². The molecule has 48 heavy (non-hydrogen) atoms. The Hall–Kier alpha value is -5.05. The van der Waals surface area contributed by atoms with Gasteiger partial charge in [0, 0.05) is 25.2 Å². The number of carbonyl (C=O) groups excluding carboxylic acids is 4. The summed E-state index contributed by atoms with van der Waals surface area (Å²) in [7, 11) is 0. The Labute approximate surface area is 281 Å². The minimum atomic E-state index is -1.21. The van der Waals surface area contributed by atoms with E-state index < -0.39 is 18.1 Å². The number of aliphatic hydroxyl groups is 1. The van der Waals surface area contributed by atoms with E-state index in [9.17, 15) is 24.3 Å². The molecule has 3 aromatic carbocycles. The third-order valence-electron chi connectivity index (χ3n) is 8.58. The number of amides is 1. The molecule has 0 fully saturated rings. The number of alkyl carbamates (subject to hydrolysis) is 1. The summed E-state index contributed by atoms with van der Waals surface area (Å²) in [5.41, 5.74) is 6.13. The van der Waals surface area contributed by atoms with Gasteiger partial charge in [-0.1, -0.05) is 88.4 Å². The number of nitrogens with one attached hydrogen (secondary N) is 1. The van der Waals surface area contributed by atoms with Crippen molar-refractivity contribution in [2.75, 3.05) is 6.61 Å². The Morgan fingerprint density at radius 2 is 1.58 bits per heavy atom. The second-order valence-electron chi connectivity index (χ2n) is 13.6. The molecule has 0 aliphatic heterocycles. The highest BCUT2D eigenvalue weighted by Gasteiger charge is 2.35. The van der Waals surface area contributed by atoms with Crippen LogP contribution < -0.4 is 5.32 Å². The van der Waals surface area contributed by atoms with Crippen LogP contribution in [0.25, 0.3) is 11.1 Å². The monoisotopic (exact) mass is 650 g/mol. The van der Waals surface area contributed by atoms with E-state index in [4.69, 9.17) is 14.5 Å². The number of ketones is 1. The quantitative estimate of drug-likeness (QED) is 0.118. The molecule has 2 aliphatic rings. The number of fused-ring (bicyclic) bond motifs is 3. The third kappa shape index (κ3) is 8.08. The van der Waals surface area contributed by atoms with Crippen molar-refractivity contribution < 1.29 is 33.8 Å². The highest BCUT2D eigenvalue weighted by Crippen LogP contribution is 2.44. The van der Waals surface area contributed by atoms with E-state index in [2.05, 4.69) is 5.32 Å². The van der Waals surface area contributed by atoms with E-state index in [1.54, 1.807) is 24.3 Å². The van der Waals surface area contributed by atoms with Crippen LogP contribution in [0.15, 0.2) is 89.1 Å². The molecule has 0 unspecified atom stereocenters. The van der Waals surface area contributed by atoms with Crippen LogP contribution in [-0.2, 0) is 30.5 Å². The predicted molar refractivity (Wildman–Crippen MR) is 183 cm³/mol. The van der Waals surface area contributed by atoms with Gasteiger partial charge in [-0.25, -0.2) is 9.59 Å². The summed E-state index contributed by atoms with van der Waals surface area (Å²) in [5, 5.41) is 13.2. The van der Waals surface area contributed by atoms with Gasteiger partial charge in [0.15, 0.2) is 5.78 Å². The minimum absolute atomic E-state index is 0.0689. The zero-order chi connectivity index (χ0) is 34.4. The molecule has 0 bridgehead atoms. The summed E-state index contributed by atoms with van der Waals surface area (Å²) in [5.74, 6) is -0.727. The zero-order valence-corrected chi connectivity index (χ0v) is 27.8. The summed E-state index contributed by atoms with van der Waals surface area (Å²) in [6.07, 6.45) is 0.739. The van der Waals surface area contributed by atoms with Crippen molar-refractivity contribution in [3.05, 3.63) is 101 Å². The molecular formula is C39H42N2O7. The van der Waals surface area contributed by atoms with Gasteiger partial charge in [0.05, 0.1) is 17.0 Å². The fourth-order valence-corrected chi connectivity index (χ4v) is 6.38. The molecular weight excluding hydrogens is 608 g/mol. The maximum absolute atomic E-state index is 13.0. The van der Waals surface area contributed by atoms with Crippen LogP contribution >= 0.6 is 0 Å². The van der Waals surface area contributed by atoms with Gasteiger partial charge >= 0.3 is 12.1 Å². The second-order valence-corrected chi connectivity index (χ2v) is 13.6. The van der Waals surface area contributed by atoms with E-state index >= 15 is 0 Å². The molecule has 1 amide bonds. The van der Waals surface area contributed by atoms with E-state index in [0.717, 1.165) is 22.3 Å². The van der Waals surface area contributed by atoms with Gasteiger partial charge in [0.1, 0.15) is 31.3 Å². The van der Waals surface area contributed by atoms with E-state index in [-0.39, 0.29) is 48.4 Å². The van der Waals surface area contributed by atoms with E-state index in [1.165, 1.54) is 0 Å². The van der Waals surface area contributed by atoms with Crippen molar-refractivity contribution in [1.82, 2.24) is 5.32 Å². The molecule has 1 atom stereocenters. The number of hydrogen-bond acceptors (Lipinski definition) is 8. The number of nitrogens with zero attached hydrogens (tertiary/aromatic N) is 1. The number of aliphatic imine (C=N–C) groups is 1. The highest BCUT2D eigenvalue weighted by atomic mass is 16.6. The van der Waals surface area contributed by atoms with Crippen LogP contribution in [0.2, 0.25) is 0 Å². The molecule has 0 saturated heterocycles. The second kappa shape index (κ2) is 14.8. The molecule has 2 N–H and O–H groups in total. The average Bonchev–Trinajstić information content (AvgIpc) is 3.35. The number of rotatable bonds is 12. The molecule has 0 saturated carbocycles. The molecule has 2 aliphatic carbocycles. The summed E-state index contributed by atoms with van der Waals surface area (Å²) < 4.78 is 11.0. The van der Waals surface area contributed by atoms with Crippen LogP contribution in [0.4, 0.5) is 10.5 Å². The third-order valence-corrected chi connectivity index (χ3v) is 8.58. The molecule has 0 heterocycles. The summed E-state index contributed by atoms with van der Waals surface area (Å²) >= 11 is 0. The molecule has 0 radical (unpaired) electrons. The van der Waals surface area contributed by atoms with Gasteiger partial charge in [-0.05, 0) is 57.7 Å². The Balaban J connectivity index is 1.19. The fourth-order valence-electron chi connectivity index (χ4n) is 6.38. The van der Waals surface area contributed by atoms with Crippen LogP contribution in [0.5, 0.6) is 0 Å². The first-order valence-corrected chi connectivity index (χ1v) is 16.3. The summed E-state index contributed by atoms with van der Waals surface area (Å²) in [4.78, 5) is 54.7. The molecule has 3 aromatic rings. The molecule has 250 valence electrons. The van der Waals surface area contributed by atoms with Crippen LogP contribution in [0.3, 0.4) is 0 Å². The number of hydrogen-bond donors (Lipinski definition) is 2. The Kier molecular flexibility index (Phi) is 10.6. The Morgan fingerprint density at radius 1 is 0.958 bits per heavy atom. The maximum atomic E-state index is 13.0. The van der Waals surface area contributed by atoms with E-state index in [0.29, 0.717) is 48.1 Å². The molecule has 5 rings (SSSR count). The van der Waals surface area contributed by atoms with Gasteiger partial charge in [-0.2, -0.15) is 0 Å². The number of esters is 1. The van der Waals surface area contributed by atoms with Crippen LogP contribution in [0.1, 0.15) is 76.0 Å². The summed E-state index contributed by atoms with van der Waals surface area (Å²) in [6, 6.07) is 21.7. The first-order valence-electron chi connectivity index (χ1n) is 16.3. The number of aldehydes is 1. The van der Waals surface area contributed by atoms with Gasteiger partial charge in [-0.15, -0.1) is 0 Å². The van der Waals surface area contributed by atoms with Crippen LogP contribution in [0, 0.1) is 11.3 Å². The number of allylic oxidation sites excluding steroid dienone is 2. The Bertz CT molecular complexity index is 1710. The topological polar surface area (TPSA) is 131 Å². The first kappa shape index (κ1) is 34.3. The minimum Gasteiger partial charge on any atom is -0.511 e. The standard InChI is InChI=1S/C39H42N2O7/c1-24(2)19-33(36-34(43)20-39(3,4)21-35(36)44)40-26-15-13-25(14-16-26)22-47-37(45)32(17-18-42)41-38(46)48-23-31-29-11-7-5-9-27(29)28-10-6-8-12-30(28)31/h5-16,18,24,31-32,43H,17,19-23H2,1-4H3,(H,41,46)/t32-/m0/s1. The van der Waals surface area contributed by atoms with Gasteiger partial charge in [0.2, 0.25) is 0 Å². The lowest BCUT2D eigenvalue weighted by Gasteiger charge is -2.30. The number of carbonyl (C=O) groups is 4. The number of Topliss-reactive ketones (excluding diaryl/α,β-unsaturated/α-hetero) is 1. The zero-order valence-electron chi connectivity index (χ0n) is 27.8. The SMILES string of the molecule is CC(C)CC(=Nc1ccc(COC(=O)[C@H](CC=O)NC(=O)OCC2c3ccccc3-c3ccccc32)cc1)C1=C(O)CC(C)(C)CC1=O. The van der Waals surface area contributed by atoms with Crippen molar-refractivity contribution >= 4 is 35.5 Å². The lowest BCUT2D eigenvalue weighted by atomic mass is 9.75. The molecule has 9 nitrogen and oxygen atoms in total. The first-order chi connectivity index (χ1) is 23.0. The lowest BCUT2D eigenvalue weighted by Crippen LogP contribution is -2.42.